The van der Waals surface area contributed by atoms with E-state index < -0.39 is 9.84 Å². The number of hydrogen-bond acceptors (Lipinski definition) is 4. The molecule has 0 heterocycles. The molecule has 0 aromatic heterocycles. The molecule has 2 aromatic rings. The maximum absolute atomic E-state index is 12.8. The first-order chi connectivity index (χ1) is 11.3. The molecule has 0 saturated heterocycles. The summed E-state index contributed by atoms with van der Waals surface area (Å²) in [5.74, 6) is -0.123. The summed E-state index contributed by atoms with van der Waals surface area (Å²) in [7, 11) is -3.37. The van der Waals surface area contributed by atoms with E-state index in [-0.39, 0.29) is 23.1 Å². The van der Waals surface area contributed by atoms with Crippen LogP contribution in [0, 0.1) is 0 Å². The SMILES string of the molecule is CCCN(Cc1ccccc1O)C(=O)c1cccc(S(C)(=O)=O)c1. The van der Waals surface area contributed by atoms with Crippen molar-refractivity contribution in [2.24, 2.45) is 0 Å². The Morgan fingerprint density at radius 2 is 1.83 bits per heavy atom. The third kappa shape index (κ3) is 4.35. The summed E-state index contributed by atoms with van der Waals surface area (Å²) in [5.41, 5.74) is 0.973. The van der Waals surface area contributed by atoms with Gasteiger partial charge in [0.25, 0.3) is 5.91 Å². The Labute approximate surface area is 142 Å². The van der Waals surface area contributed by atoms with E-state index in [1.165, 1.54) is 12.1 Å². The molecule has 5 nitrogen and oxygen atoms in total. The van der Waals surface area contributed by atoms with Crippen molar-refractivity contribution in [2.75, 3.05) is 12.8 Å². The van der Waals surface area contributed by atoms with Crippen LogP contribution in [0.5, 0.6) is 5.75 Å². The van der Waals surface area contributed by atoms with Gasteiger partial charge in [-0.15, -0.1) is 0 Å². The smallest absolute Gasteiger partial charge is 0.254 e. The lowest BCUT2D eigenvalue weighted by Gasteiger charge is -2.23. The maximum atomic E-state index is 12.8. The molecule has 0 spiro atoms. The quantitative estimate of drug-likeness (QED) is 0.872. The van der Waals surface area contributed by atoms with Gasteiger partial charge in [0.1, 0.15) is 5.75 Å². The van der Waals surface area contributed by atoms with E-state index in [4.69, 9.17) is 0 Å². The topological polar surface area (TPSA) is 74.7 Å². The molecule has 0 unspecified atom stereocenters. The molecule has 2 rings (SSSR count). The van der Waals surface area contributed by atoms with Gasteiger partial charge in [0.15, 0.2) is 9.84 Å². The summed E-state index contributed by atoms with van der Waals surface area (Å²) in [5, 5.41) is 9.91. The molecule has 6 heteroatoms. The molecular weight excluding hydrogens is 326 g/mol. The summed E-state index contributed by atoms with van der Waals surface area (Å²) in [6, 6.07) is 12.9. The van der Waals surface area contributed by atoms with Gasteiger partial charge in [0.2, 0.25) is 0 Å². The standard InChI is InChI=1S/C18H21NO4S/c1-3-11-19(13-15-7-4-5-10-17(15)20)18(21)14-8-6-9-16(12-14)24(2,22)23/h4-10,12,20H,3,11,13H2,1-2H3. The summed E-state index contributed by atoms with van der Waals surface area (Å²) in [6.07, 6.45) is 1.87. The Morgan fingerprint density at radius 1 is 1.12 bits per heavy atom. The van der Waals surface area contributed by atoms with E-state index in [1.54, 1.807) is 41.3 Å². The van der Waals surface area contributed by atoms with E-state index in [0.29, 0.717) is 17.7 Å². The number of para-hydroxylation sites is 1. The van der Waals surface area contributed by atoms with Crippen molar-refractivity contribution in [2.45, 2.75) is 24.8 Å². The van der Waals surface area contributed by atoms with Crippen molar-refractivity contribution >= 4 is 15.7 Å². The number of phenols is 1. The summed E-state index contributed by atoms with van der Waals surface area (Å²) < 4.78 is 23.4. The van der Waals surface area contributed by atoms with Crippen LogP contribution in [0.25, 0.3) is 0 Å². The second kappa shape index (κ2) is 7.49. The molecular formula is C18H21NO4S. The van der Waals surface area contributed by atoms with Crippen LogP contribution in [0.15, 0.2) is 53.4 Å². The molecule has 2 aromatic carbocycles. The number of phenolic OH excluding ortho intramolecular Hbond substituents is 1. The molecule has 0 bridgehead atoms. The zero-order valence-electron chi connectivity index (χ0n) is 13.8. The molecule has 1 N–H and O–H groups in total. The second-order valence-corrected chi connectivity index (χ2v) is 7.67. The lowest BCUT2D eigenvalue weighted by atomic mass is 10.1. The van der Waals surface area contributed by atoms with E-state index in [9.17, 15) is 18.3 Å². The minimum Gasteiger partial charge on any atom is -0.508 e. The molecule has 0 atom stereocenters. The van der Waals surface area contributed by atoms with Crippen molar-refractivity contribution in [3.63, 3.8) is 0 Å². The highest BCUT2D eigenvalue weighted by atomic mass is 32.2. The predicted molar refractivity (Wildman–Crippen MR) is 92.7 cm³/mol. The van der Waals surface area contributed by atoms with Crippen molar-refractivity contribution < 1.29 is 18.3 Å². The summed E-state index contributed by atoms with van der Waals surface area (Å²) >= 11 is 0. The van der Waals surface area contributed by atoms with Crippen LogP contribution in [-0.2, 0) is 16.4 Å². The van der Waals surface area contributed by atoms with E-state index >= 15 is 0 Å². The third-order valence-electron chi connectivity index (χ3n) is 3.64. The molecule has 1 amide bonds. The van der Waals surface area contributed by atoms with Gasteiger partial charge >= 0.3 is 0 Å². The Morgan fingerprint density at radius 3 is 2.46 bits per heavy atom. The molecule has 24 heavy (non-hydrogen) atoms. The van der Waals surface area contributed by atoms with Crippen molar-refractivity contribution in [1.29, 1.82) is 0 Å². The number of amides is 1. The number of nitrogens with zero attached hydrogens (tertiary/aromatic N) is 1. The van der Waals surface area contributed by atoms with Gasteiger partial charge in [0.05, 0.1) is 4.90 Å². The maximum Gasteiger partial charge on any atom is 0.254 e. The summed E-state index contributed by atoms with van der Waals surface area (Å²) in [6.45, 7) is 2.73. The minimum absolute atomic E-state index is 0.118. The number of hydrogen-bond donors (Lipinski definition) is 1. The predicted octanol–water partition coefficient (Wildman–Crippen LogP) is 2.85. The van der Waals surface area contributed by atoms with Crippen molar-refractivity contribution in [3.05, 3.63) is 59.7 Å². The molecule has 0 aliphatic carbocycles. The normalized spacial score (nSPS) is 11.2. The zero-order chi connectivity index (χ0) is 17.7. The number of rotatable bonds is 6. The van der Waals surface area contributed by atoms with Gasteiger partial charge in [-0.2, -0.15) is 0 Å². The van der Waals surface area contributed by atoms with Gasteiger partial charge in [-0.3, -0.25) is 4.79 Å². The van der Waals surface area contributed by atoms with Crippen LogP contribution in [0.3, 0.4) is 0 Å². The zero-order valence-corrected chi connectivity index (χ0v) is 14.6. The highest BCUT2D eigenvalue weighted by molar-refractivity contribution is 7.90. The Kier molecular flexibility index (Phi) is 5.62. The van der Waals surface area contributed by atoms with E-state index in [0.717, 1.165) is 12.7 Å². The number of carbonyl (C=O) groups is 1. The molecule has 128 valence electrons. The van der Waals surface area contributed by atoms with E-state index in [2.05, 4.69) is 0 Å². The Hall–Kier alpha value is -2.34. The number of benzene rings is 2. The lowest BCUT2D eigenvalue weighted by molar-refractivity contribution is 0.0742. The van der Waals surface area contributed by atoms with Gasteiger partial charge in [-0.25, -0.2) is 8.42 Å². The van der Waals surface area contributed by atoms with Gasteiger partial charge in [-0.05, 0) is 30.7 Å². The molecule has 0 fully saturated rings. The number of aromatic hydroxyl groups is 1. The Balaban J connectivity index is 2.31. The monoisotopic (exact) mass is 347 g/mol. The first-order valence-electron chi connectivity index (χ1n) is 7.69. The average Bonchev–Trinajstić information content (AvgIpc) is 2.55. The third-order valence-corrected chi connectivity index (χ3v) is 4.75. The number of sulfone groups is 1. The van der Waals surface area contributed by atoms with Crippen molar-refractivity contribution in [3.8, 4) is 5.75 Å². The van der Waals surface area contributed by atoms with Crippen LogP contribution in [0.1, 0.15) is 29.3 Å². The van der Waals surface area contributed by atoms with Gasteiger partial charge in [-0.1, -0.05) is 31.2 Å². The first kappa shape index (κ1) is 18.0. The van der Waals surface area contributed by atoms with Crippen LogP contribution in [0.4, 0.5) is 0 Å². The first-order valence-corrected chi connectivity index (χ1v) is 9.58. The van der Waals surface area contributed by atoms with Crippen LogP contribution >= 0.6 is 0 Å². The second-order valence-electron chi connectivity index (χ2n) is 5.66. The number of carbonyl (C=O) groups excluding carboxylic acids is 1. The fraction of sp³-hybridized carbons (Fsp3) is 0.278. The molecule has 0 aliphatic rings. The summed E-state index contributed by atoms with van der Waals surface area (Å²) in [4.78, 5) is 14.5. The van der Waals surface area contributed by atoms with E-state index in [1.807, 2.05) is 6.92 Å². The van der Waals surface area contributed by atoms with Crippen LogP contribution in [0.2, 0.25) is 0 Å². The highest BCUT2D eigenvalue weighted by Crippen LogP contribution is 2.20. The molecule has 0 radical (unpaired) electrons. The fourth-order valence-corrected chi connectivity index (χ4v) is 3.08. The minimum atomic E-state index is -3.37. The molecule has 0 saturated carbocycles. The van der Waals surface area contributed by atoms with Crippen molar-refractivity contribution in [1.82, 2.24) is 4.90 Å². The Bertz CT molecular complexity index is 830. The average molecular weight is 347 g/mol. The molecule has 0 aliphatic heterocycles. The largest absolute Gasteiger partial charge is 0.508 e. The van der Waals surface area contributed by atoms with Crippen LogP contribution < -0.4 is 0 Å². The van der Waals surface area contributed by atoms with Gasteiger partial charge < -0.3 is 10.0 Å². The van der Waals surface area contributed by atoms with Crippen LogP contribution in [-0.4, -0.2) is 37.1 Å². The van der Waals surface area contributed by atoms with Gasteiger partial charge in [0, 0.05) is 30.5 Å². The highest BCUT2D eigenvalue weighted by Gasteiger charge is 2.18. The fourth-order valence-electron chi connectivity index (χ4n) is 2.41. The lowest BCUT2D eigenvalue weighted by Crippen LogP contribution is -2.31.